The van der Waals surface area contributed by atoms with Crippen LogP contribution in [0.5, 0.6) is 5.75 Å². The number of benzene rings is 2. The van der Waals surface area contributed by atoms with E-state index in [1.165, 1.54) is 16.8 Å². The number of nitrogens with zero attached hydrogens (tertiary/aromatic N) is 4. The van der Waals surface area contributed by atoms with Gasteiger partial charge in [-0.15, -0.1) is 0 Å². The number of likely N-dealkylation sites (tertiary alicyclic amines) is 1. The van der Waals surface area contributed by atoms with Crippen LogP contribution in [0.15, 0.2) is 54.6 Å². The van der Waals surface area contributed by atoms with Gasteiger partial charge in [0.2, 0.25) is 0 Å². The number of esters is 1. The van der Waals surface area contributed by atoms with Crippen LogP contribution in [-0.4, -0.2) is 58.3 Å². The molecule has 10 heteroatoms. The predicted molar refractivity (Wildman–Crippen MR) is 127 cm³/mol. The number of rotatable bonds is 7. The third-order valence-electron chi connectivity index (χ3n) is 5.91. The van der Waals surface area contributed by atoms with E-state index in [1.54, 1.807) is 49.3 Å². The SMILES string of the molecule is CCOC(=O)C1CCCN(C(=O)c2cc(-c3cccc(OC)c3)nn2-c2cccc([N+](=O)[O-])c2)C1. The van der Waals surface area contributed by atoms with Crippen LogP contribution in [0.2, 0.25) is 0 Å². The van der Waals surface area contributed by atoms with Gasteiger partial charge in [0.25, 0.3) is 11.6 Å². The summed E-state index contributed by atoms with van der Waals surface area (Å²) in [5.74, 6) is -0.380. The lowest BCUT2D eigenvalue weighted by molar-refractivity contribution is -0.384. The van der Waals surface area contributed by atoms with Crippen molar-refractivity contribution in [3.05, 3.63) is 70.4 Å². The molecule has 0 saturated carbocycles. The monoisotopic (exact) mass is 478 g/mol. The maximum absolute atomic E-state index is 13.7. The number of methoxy groups -OCH3 is 1. The highest BCUT2D eigenvalue weighted by Crippen LogP contribution is 2.28. The summed E-state index contributed by atoms with van der Waals surface area (Å²) < 4.78 is 11.9. The molecule has 0 spiro atoms. The van der Waals surface area contributed by atoms with Crippen LogP contribution in [0.4, 0.5) is 5.69 Å². The third-order valence-corrected chi connectivity index (χ3v) is 5.91. The first-order valence-corrected chi connectivity index (χ1v) is 11.4. The van der Waals surface area contributed by atoms with Crippen LogP contribution in [0.3, 0.4) is 0 Å². The zero-order valence-electron chi connectivity index (χ0n) is 19.5. The van der Waals surface area contributed by atoms with Crippen molar-refractivity contribution in [1.29, 1.82) is 0 Å². The fraction of sp³-hybridized carbons (Fsp3) is 0.320. The van der Waals surface area contributed by atoms with Gasteiger partial charge < -0.3 is 14.4 Å². The van der Waals surface area contributed by atoms with Crippen LogP contribution >= 0.6 is 0 Å². The number of carbonyl (C=O) groups is 2. The van der Waals surface area contributed by atoms with E-state index < -0.39 is 4.92 Å². The van der Waals surface area contributed by atoms with Crippen molar-refractivity contribution < 1.29 is 24.0 Å². The maximum Gasteiger partial charge on any atom is 0.310 e. The smallest absolute Gasteiger partial charge is 0.310 e. The normalized spacial score (nSPS) is 15.5. The van der Waals surface area contributed by atoms with Crippen molar-refractivity contribution >= 4 is 17.6 Å². The van der Waals surface area contributed by atoms with Crippen LogP contribution in [0, 0.1) is 16.0 Å². The molecule has 35 heavy (non-hydrogen) atoms. The van der Waals surface area contributed by atoms with E-state index >= 15 is 0 Å². The molecule has 3 aromatic rings. The van der Waals surface area contributed by atoms with E-state index in [-0.39, 0.29) is 42.3 Å². The van der Waals surface area contributed by atoms with Gasteiger partial charge in [0.15, 0.2) is 0 Å². The standard InChI is InChI=1S/C25H26N4O6/c1-3-35-25(31)18-8-6-12-27(16-18)24(30)23-15-22(17-7-4-11-21(13-17)34-2)26-28(23)19-9-5-10-20(14-19)29(32)33/h4-5,7,9-11,13-15,18H,3,6,8,12,16H2,1-2H3. The molecule has 4 rings (SSSR count). The molecule has 1 amide bonds. The van der Waals surface area contributed by atoms with Crippen molar-refractivity contribution in [3.63, 3.8) is 0 Å². The molecule has 1 aliphatic rings. The Hall–Kier alpha value is -4.21. The average Bonchev–Trinajstić information content (AvgIpc) is 3.34. The number of non-ortho nitro benzene ring substituents is 1. The number of hydrogen-bond donors (Lipinski definition) is 0. The summed E-state index contributed by atoms with van der Waals surface area (Å²) in [4.78, 5) is 38.4. The van der Waals surface area contributed by atoms with Gasteiger partial charge in [-0.3, -0.25) is 19.7 Å². The Morgan fingerprint density at radius 3 is 2.71 bits per heavy atom. The molecule has 1 aromatic heterocycles. The molecule has 1 fully saturated rings. The summed E-state index contributed by atoms with van der Waals surface area (Å²) >= 11 is 0. The fourth-order valence-corrected chi connectivity index (χ4v) is 4.17. The van der Waals surface area contributed by atoms with Gasteiger partial charge in [0.1, 0.15) is 11.4 Å². The van der Waals surface area contributed by atoms with Gasteiger partial charge in [0.05, 0.1) is 35.9 Å². The first kappa shape index (κ1) is 23.9. The number of carbonyl (C=O) groups excluding carboxylic acids is 2. The Labute approximate surface area is 202 Å². The Balaban J connectivity index is 1.75. The Morgan fingerprint density at radius 2 is 1.97 bits per heavy atom. The average molecular weight is 479 g/mol. The van der Waals surface area contributed by atoms with Crippen molar-refractivity contribution in [2.45, 2.75) is 19.8 Å². The van der Waals surface area contributed by atoms with Gasteiger partial charge in [0, 0.05) is 30.8 Å². The number of nitro groups is 1. The van der Waals surface area contributed by atoms with E-state index in [2.05, 4.69) is 5.10 Å². The minimum absolute atomic E-state index is 0.111. The lowest BCUT2D eigenvalue weighted by Gasteiger charge is -2.31. The molecule has 1 saturated heterocycles. The molecule has 182 valence electrons. The number of nitro benzene ring substituents is 1. The van der Waals surface area contributed by atoms with E-state index in [0.29, 0.717) is 36.5 Å². The van der Waals surface area contributed by atoms with Gasteiger partial charge in [-0.25, -0.2) is 4.68 Å². The lowest BCUT2D eigenvalue weighted by atomic mass is 9.98. The van der Waals surface area contributed by atoms with Gasteiger partial charge in [-0.1, -0.05) is 18.2 Å². The van der Waals surface area contributed by atoms with Crippen molar-refractivity contribution in [2.75, 3.05) is 26.8 Å². The molecule has 10 nitrogen and oxygen atoms in total. The highest BCUT2D eigenvalue weighted by molar-refractivity contribution is 5.95. The Kier molecular flexibility index (Phi) is 7.09. The number of hydrogen-bond acceptors (Lipinski definition) is 7. The van der Waals surface area contributed by atoms with Crippen LogP contribution < -0.4 is 4.74 Å². The zero-order chi connectivity index (χ0) is 24.9. The minimum atomic E-state index is -0.494. The summed E-state index contributed by atoms with van der Waals surface area (Å²) in [7, 11) is 1.56. The third kappa shape index (κ3) is 5.16. The minimum Gasteiger partial charge on any atom is -0.497 e. The summed E-state index contributed by atoms with van der Waals surface area (Å²) in [6.45, 7) is 2.77. The summed E-state index contributed by atoms with van der Waals surface area (Å²) in [6.07, 6.45) is 1.32. The fourth-order valence-electron chi connectivity index (χ4n) is 4.17. The second kappa shape index (κ2) is 10.4. The summed E-state index contributed by atoms with van der Waals surface area (Å²) in [5, 5.41) is 16.0. The van der Waals surface area contributed by atoms with Crippen molar-refractivity contribution in [2.24, 2.45) is 5.92 Å². The lowest BCUT2D eigenvalue weighted by Crippen LogP contribution is -2.43. The predicted octanol–water partition coefficient (Wildman–Crippen LogP) is 3.87. The molecule has 0 N–H and O–H groups in total. The zero-order valence-corrected chi connectivity index (χ0v) is 19.5. The molecule has 1 aliphatic heterocycles. The molecule has 1 atom stereocenters. The topological polar surface area (TPSA) is 117 Å². The largest absolute Gasteiger partial charge is 0.497 e. The molecule has 0 bridgehead atoms. The van der Waals surface area contributed by atoms with E-state index in [1.807, 2.05) is 12.1 Å². The summed E-state index contributed by atoms with van der Waals surface area (Å²) in [5.41, 5.74) is 1.76. The Bertz CT molecular complexity index is 1250. The highest BCUT2D eigenvalue weighted by Gasteiger charge is 2.32. The summed E-state index contributed by atoms with van der Waals surface area (Å²) in [6, 6.07) is 14.9. The molecule has 2 heterocycles. The molecule has 0 radical (unpaired) electrons. The van der Waals surface area contributed by atoms with Gasteiger partial charge in [-0.2, -0.15) is 5.10 Å². The van der Waals surface area contributed by atoms with Crippen LogP contribution in [0.25, 0.3) is 16.9 Å². The Morgan fingerprint density at radius 1 is 1.17 bits per heavy atom. The maximum atomic E-state index is 13.7. The number of ether oxygens (including phenoxy) is 2. The number of piperidine rings is 1. The quantitative estimate of drug-likeness (QED) is 0.287. The highest BCUT2D eigenvalue weighted by atomic mass is 16.6. The van der Waals surface area contributed by atoms with E-state index in [0.717, 1.165) is 5.56 Å². The van der Waals surface area contributed by atoms with Crippen LogP contribution in [-0.2, 0) is 9.53 Å². The molecule has 0 aliphatic carbocycles. The van der Waals surface area contributed by atoms with E-state index in [9.17, 15) is 19.7 Å². The second-order valence-corrected chi connectivity index (χ2v) is 8.18. The molecular weight excluding hydrogens is 452 g/mol. The number of amides is 1. The van der Waals surface area contributed by atoms with Gasteiger partial charge in [-0.05, 0) is 44.0 Å². The van der Waals surface area contributed by atoms with Crippen LogP contribution in [0.1, 0.15) is 30.3 Å². The molecule has 2 aromatic carbocycles. The number of aromatic nitrogens is 2. The molecule has 1 unspecified atom stereocenters. The van der Waals surface area contributed by atoms with Gasteiger partial charge >= 0.3 is 5.97 Å². The first-order valence-electron chi connectivity index (χ1n) is 11.4. The second-order valence-electron chi connectivity index (χ2n) is 8.18. The van der Waals surface area contributed by atoms with Crippen molar-refractivity contribution in [3.8, 4) is 22.7 Å². The van der Waals surface area contributed by atoms with E-state index in [4.69, 9.17) is 9.47 Å². The first-order chi connectivity index (χ1) is 16.9. The van der Waals surface area contributed by atoms with Crippen molar-refractivity contribution in [1.82, 2.24) is 14.7 Å². The molecular formula is C25H26N4O6.